The first-order valence-electron chi connectivity index (χ1n) is 17.3. The Morgan fingerprint density at radius 1 is 0.923 bits per heavy atom. The van der Waals surface area contributed by atoms with Gasteiger partial charge in [0, 0.05) is 42.2 Å². The quantitative estimate of drug-likeness (QED) is 0.102. The Labute approximate surface area is 303 Å². The highest BCUT2D eigenvalue weighted by atomic mass is 16.5. The lowest BCUT2D eigenvalue weighted by Crippen LogP contribution is -2.49. The third-order valence-corrected chi connectivity index (χ3v) is 9.33. The van der Waals surface area contributed by atoms with Crippen molar-refractivity contribution in [2.45, 2.75) is 32.5 Å². The molecule has 0 spiro atoms. The van der Waals surface area contributed by atoms with E-state index in [4.69, 9.17) is 10.5 Å². The third-order valence-electron chi connectivity index (χ3n) is 9.33. The molecule has 52 heavy (non-hydrogen) atoms. The maximum Gasteiger partial charge on any atom is 0.323 e. The summed E-state index contributed by atoms with van der Waals surface area (Å²) in [5.41, 5.74) is 9.97. The highest BCUT2D eigenvalue weighted by molar-refractivity contribution is 6.07. The molecule has 0 aliphatic carbocycles. The van der Waals surface area contributed by atoms with E-state index in [1.165, 1.54) is 0 Å². The molecule has 0 radical (unpaired) electrons. The molecule has 5 aromatic rings. The van der Waals surface area contributed by atoms with E-state index in [0.717, 1.165) is 16.3 Å². The highest BCUT2D eigenvalue weighted by Crippen LogP contribution is 2.31. The first-order chi connectivity index (χ1) is 25.1. The van der Waals surface area contributed by atoms with Crippen LogP contribution in [-0.2, 0) is 6.54 Å². The summed E-state index contributed by atoms with van der Waals surface area (Å²) in [6, 6.07) is 32.2. The van der Waals surface area contributed by atoms with Gasteiger partial charge in [-0.25, -0.2) is 4.79 Å². The van der Waals surface area contributed by atoms with E-state index in [9.17, 15) is 19.5 Å². The molecule has 0 bridgehead atoms. The van der Waals surface area contributed by atoms with Gasteiger partial charge in [-0.15, -0.1) is 0 Å². The molecular formula is C41H44N6O5. The number of hydrogen-bond donors (Lipinski definition) is 5. The average molecular weight is 701 g/mol. The molecule has 0 unspecified atom stereocenters. The topological polar surface area (TPSA) is 149 Å². The van der Waals surface area contributed by atoms with Gasteiger partial charge in [-0.2, -0.15) is 0 Å². The number of nitrogens with zero attached hydrogens (tertiary/aromatic N) is 2. The molecule has 0 saturated carbocycles. The van der Waals surface area contributed by atoms with Crippen LogP contribution < -0.4 is 26.4 Å². The molecule has 3 atom stereocenters. The van der Waals surface area contributed by atoms with Crippen LogP contribution in [0.1, 0.15) is 40.1 Å². The molecule has 11 heteroatoms. The molecule has 1 aliphatic heterocycles. The van der Waals surface area contributed by atoms with Crippen molar-refractivity contribution in [2.75, 3.05) is 48.4 Å². The van der Waals surface area contributed by atoms with Crippen molar-refractivity contribution >= 4 is 51.4 Å². The number of likely N-dealkylation sites (N-methyl/N-ethyl adjacent to an activating group) is 1. The number of nitrogens with one attached hydrogen (secondary N) is 3. The van der Waals surface area contributed by atoms with Crippen molar-refractivity contribution in [2.24, 2.45) is 5.92 Å². The second kappa shape index (κ2) is 16.0. The summed E-state index contributed by atoms with van der Waals surface area (Å²) in [6.07, 6.45) is -0.305. The SMILES string of the molecule is C[C@H](CO)N1C[C@H](C)[C@@H](CN(C)Cc2ccc(C(=O)Nc3ccccc3N)cc2)Oc2ccc(NC(=O)Nc3cccc4ccccc34)cc2C1=O. The number of nitrogens with two attached hydrogens (primary N) is 1. The number of carbonyl (C=O) groups excluding carboxylic acids is 3. The Morgan fingerprint density at radius 2 is 1.63 bits per heavy atom. The van der Waals surface area contributed by atoms with E-state index in [0.29, 0.717) is 59.3 Å². The number of anilines is 4. The van der Waals surface area contributed by atoms with Gasteiger partial charge >= 0.3 is 6.03 Å². The molecule has 5 aromatic carbocycles. The molecule has 1 heterocycles. The number of benzene rings is 5. The maximum atomic E-state index is 13.9. The fourth-order valence-electron chi connectivity index (χ4n) is 6.39. The number of amides is 4. The van der Waals surface area contributed by atoms with Gasteiger partial charge in [0.1, 0.15) is 11.9 Å². The zero-order valence-corrected chi connectivity index (χ0v) is 29.5. The number of ether oxygens (including phenoxy) is 1. The number of rotatable bonds is 10. The zero-order chi connectivity index (χ0) is 36.8. The predicted molar refractivity (Wildman–Crippen MR) is 206 cm³/mol. The fourth-order valence-corrected chi connectivity index (χ4v) is 6.39. The van der Waals surface area contributed by atoms with Gasteiger partial charge < -0.3 is 36.4 Å². The van der Waals surface area contributed by atoms with Crippen LogP contribution in [-0.4, -0.2) is 71.6 Å². The lowest BCUT2D eigenvalue weighted by Gasteiger charge is -2.38. The molecule has 268 valence electrons. The van der Waals surface area contributed by atoms with Crippen molar-refractivity contribution in [3.63, 3.8) is 0 Å². The van der Waals surface area contributed by atoms with E-state index in [-0.39, 0.29) is 30.4 Å². The van der Waals surface area contributed by atoms with Crippen LogP contribution in [0.25, 0.3) is 10.8 Å². The van der Waals surface area contributed by atoms with Crippen LogP contribution in [0.2, 0.25) is 0 Å². The molecule has 1 aliphatic rings. The normalized spacial score (nSPS) is 16.3. The fraction of sp³-hybridized carbons (Fsp3) is 0.244. The van der Waals surface area contributed by atoms with E-state index in [1.807, 2.05) is 87.6 Å². The van der Waals surface area contributed by atoms with Gasteiger partial charge in [0.15, 0.2) is 0 Å². The molecule has 4 amide bonds. The average Bonchev–Trinajstić information content (AvgIpc) is 3.14. The van der Waals surface area contributed by atoms with Crippen LogP contribution in [0.4, 0.5) is 27.5 Å². The van der Waals surface area contributed by atoms with Crippen molar-refractivity contribution in [1.82, 2.24) is 9.80 Å². The summed E-state index contributed by atoms with van der Waals surface area (Å²) in [6.45, 7) is 5.15. The summed E-state index contributed by atoms with van der Waals surface area (Å²) < 4.78 is 6.57. The molecular weight excluding hydrogens is 656 g/mol. The third kappa shape index (κ3) is 8.34. The van der Waals surface area contributed by atoms with E-state index >= 15 is 0 Å². The summed E-state index contributed by atoms with van der Waals surface area (Å²) in [7, 11) is 2.00. The lowest BCUT2D eigenvalue weighted by molar-refractivity contribution is 0.0341. The molecule has 11 nitrogen and oxygen atoms in total. The summed E-state index contributed by atoms with van der Waals surface area (Å²) in [5.74, 6) is -0.200. The molecule has 0 saturated heterocycles. The van der Waals surface area contributed by atoms with E-state index in [2.05, 4.69) is 20.9 Å². The Bertz CT molecular complexity index is 2060. The Kier molecular flexibility index (Phi) is 11.0. The molecule has 6 rings (SSSR count). The minimum Gasteiger partial charge on any atom is -0.488 e. The first kappa shape index (κ1) is 35.9. The van der Waals surface area contributed by atoms with Gasteiger partial charge in [0.25, 0.3) is 11.8 Å². The van der Waals surface area contributed by atoms with Crippen LogP contribution in [0.5, 0.6) is 5.75 Å². The number of aliphatic hydroxyl groups excluding tert-OH is 1. The van der Waals surface area contributed by atoms with Crippen LogP contribution >= 0.6 is 0 Å². The predicted octanol–water partition coefficient (Wildman–Crippen LogP) is 6.67. The number of carbonyl (C=O) groups is 3. The summed E-state index contributed by atoms with van der Waals surface area (Å²) in [5, 5.41) is 20.6. The maximum absolute atomic E-state index is 13.9. The Morgan fingerprint density at radius 3 is 2.40 bits per heavy atom. The standard InChI is InChI=1S/C41H44N6O5/c1-26-22-47(27(2)25-48)40(50)33-21-31(43-41(51)45-35-14-8-10-29-9-4-5-11-32(29)35)19-20-37(33)52-38(26)24-46(3)23-28-15-17-30(18-16-28)39(49)44-36-13-7-6-12-34(36)42/h4-21,26-27,38,48H,22-25,42H2,1-3H3,(H,44,49)(H2,43,45,51)/t26-,27+,38+/m0/s1. The number of nitrogen functional groups attached to an aromatic ring is 1. The smallest absolute Gasteiger partial charge is 0.323 e. The van der Waals surface area contributed by atoms with E-state index < -0.39 is 12.1 Å². The number of urea groups is 1. The van der Waals surface area contributed by atoms with Gasteiger partial charge in [-0.1, -0.05) is 67.6 Å². The number of hydrogen-bond acceptors (Lipinski definition) is 7. The molecule has 6 N–H and O–H groups in total. The van der Waals surface area contributed by atoms with Crippen molar-refractivity contribution in [1.29, 1.82) is 0 Å². The Balaban J connectivity index is 1.15. The minimum absolute atomic E-state index is 0.0747. The monoisotopic (exact) mass is 700 g/mol. The number of aliphatic hydroxyl groups is 1. The van der Waals surface area contributed by atoms with Crippen molar-refractivity contribution in [3.05, 3.63) is 126 Å². The number of para-hydroxylation sites is 2. The van der Waals surface area contributed by atoms with Crippen molar-refractivity contribution < 1.29 is 24.2 Å². The largest absolute Gasteiger partial charge is 0.488 e. The van der Waals surface area contributed by atoms with Gasteiger partial charge in [0.2, 0.25) is 0 Å². The van der Waals surface area contributed by atoms with Crippen LogP contribution in [0, 0.1) is 5.92 Å². The molecule has 0 aromatic heterocycles. The zero-order valence-electron chi connectivity index (χ0n) is 29.5. The van der Waals surface area contributed by atoms with Crippen LogP contribution in [0.15, 0.2) is 109 Å². The van der Waals surface area contributed by atoms with Crippen molar-refractivity contribution in [3.8, 4) is 5.75 Å². The Hall–Kier alpha value is -5.91. The van der Waals surface area contributed by atoms with Gasteiger partial charge in [0.05, 0.1) is 35.3 Å². The summed E-state index contributed by atoms with van der Waals surface area (Å²) >= 11 is 0. The molecule has 0 fully saturated rings. The van der Waals surface area contributed by atoms with Crippen LogP contribution in [0.3, 0.4) is 0 Å². The summed E-state index contributed by atoms with van der Waals surface area (Å²) in [4.78, 5) is 43.7. The first-order valence-corrected chi connectivity index (χ1v) is 17.3. The second-order valence-electron chi connectivity index (χ2n) is 13.4. The second-order valence-corrected chi connectivity index (χ2v) is 13.4. The van der Waals surface area contributed by atoms with E-state index in [1.54, 1.807) is 47.4 Å². The minimum atomic E-state index is -0.446. The van der Waals surface area contributed by atoms with Gasteiger partial charge in [-0.3, -0.25) is 14.5 Å². The van der Waals surface area contributed by atoms with Gasteiger partial charge in [-0.05, 0) is 73.5 Å². The lowest BCUT2D eigenvalue weighted by atomic mass is 9.99. The highest BCUT2D eigenvalue weighted by Gasteiger charge is 2.33. The number of fused-ring (bicyclic) bond motifs is 2.